The molecule has 6 heteroatoms. The smallest absolute Gasteiger partial charge is 0.281 e. The summed E-state index contributed by atoms with van der Waals surface area (Å²) in [6.07, 6.45) is 0. The molecule has 0 heterocycles. The molecule has 0 amide bonds. The predicted molar refractivity (Wildman–Crippen MR) is 59.2 cm³/mol. The van der Waals surface area contributed by atoms with E-state index in [0.717, 1.165) is 12.1 Å². The molecular formula is C10H6B2F4. The molecule has 0 N–H and O–H groups in total. The van der Waals surface area contributed by atoms with Crippen LogP contribution < -0.4 is 10.9 Å². The van der Waals surface area contributed by atoms with Crippen molar-refractivity contribution in [3.8, 4) is 0 Å². The van der Waals surface area contributed by atoms with Crippen molar-refractivity contribution in [2.45, 2.75) is 0 Å². The van der Waals surface area contributed by atoms with E-state index in [1.165, 1.54) is 0 Å². The Bertz CT molecular complexity index is 467. The minimum Gasteiger partial charge on any atom is -0.281 e. The molecule has 0 saturated carbocycles. The first kappa shape index (κ1) is 11.0. The van der Waals surface area contributed by atoms with Gasteiger partial charge in [0.25, 0.3) is 0 Å². The lowest BCUT2D eigenvalue weighted by molar-refractivity contribution is 0.677. The first-order chi connectivity index (χ1) is 7.59. The van der Waals surface area contributed by atoms with Crippen LogP contribution in [0.2, 0.25) is 0 Å². The number of fused-ring (bicyclic) bond motifs is 1. The van der Waals surface area contributed by atoms with Gasteiger partial charge < -0.3 is 0 Å². The van der Waals surface area contributed by atoms with E-state index in [2.05, 4.69) is 0 Å². The van der Waals surface area contributed by atoms with Crippen molar-refractivity contribution in [2.75, 3.05) is 0 Å². The highest BCUT2D eigenvalue weighted by atomic mass is 19.2. The Morgan fingerprint density at radius 1 is 0.688 bits per heavy atom. The standard InChI is InChI=1S/C10H6B2F4/c13-11(14)9-5-7-3-1-2-4-8(7)6-10(9)12(15)16/h1-6H. The Morgan fingerprint density at radius 2 is 1.06 bits per heavy atom. The Hall–Kier alpha value is -1.45. The lowest BCUT2D eigenvalue weighted by Gasteiger charge is -2.06. The fraction of sp³-hybridized carbons (Fsp3) is 0. The normalized spacial score (nSPS) is 10.5. The van der Waals surface area contributed by atoms with Gasteiger partial charge in [0.05, 0.1) is 0 Å². The Morgan fingerprint density at radius 3 is 1.38 bits per heavy atom. The zero-order valence-corrected chi connectivity index (χ0v) is 8.13. The molecule has 0 bridgehead atoms. The molecule has 80 valence electrons. The Kier molecular flexibility index (Phi) is 2.90. The van der Waals surface area contributed by atoms with E-state index in [4.69, 9.17) is 0 Å². The second-order valence-corrected chi connectivity index (χ2v) is 3.43. The van der Waals surface area contributed by atoms with E-state index in [1.807, 2.05) is 0 Å². The van der Waals surface area contributed by atoms with Crippen LogP contribution in [-0.4, -0.2) is 14.5 Å². The largest absolute Gasteiger partial charge is 0.571 e. The third kappa shape index (κ3) is 1.92. The van der Waals surface area contributed by atoms with Crippen molar-refractivity contribution in [1.82, 2.24) is 0 Å². The second kappa shape index (κ2) is 4.20. The second-order valence-electron chi connectivity index (χ2n) is 3.43. The van der Waals surface area contributed by atoms with Gasteiger partial charge in [-0.1, -0.05) is 36.4 Å². The summed E-state index contributed by atoms with van der Waals surface area (Å²) in [7, 11) is -5.76. The summed E-state index contributed by atoms with van der Waals surface area (Å²) in [5.74, 6) is 0. The van der Waals surface area contributed by atoms with E-state index >= 15 is 0 Å². The van der Waals surface area contributed by atoms with Crippen molar-refractivity contribution in [2.24, 2.45) is 0 Å². The summed E-state index contributed by atoms with van der Waals surface area (Å²) >= 11 is 0. The number of halogens is 4. The molecule has 2 aromatic rings. The van der Waals surface area contributed by atoms with Gasteiger partial charge in [0, 0.05) is 0 Å². The first-order valence-electron chi connectivity index (χ1n) is 4.68. The fourth-order valence-electron chi connectivity index (χ4n) is 1.65. The Balaban J connectivity index is 2.71. The quantitative estimate of drug-likeness (QED) is 0.541. The van der Waals surface area contributed by atoms with Gasteiger partial charge in [-0.3, -0.25) is 17.3 Å². The molecule has 0 aliphatic rings. The van der Waals surface area contributed by atoms with Gasteiger partial charge in [-0.05, 0) is 21.7 Å². The van der Waals surface area contributed by atoms with Crippen molar-refractivity contribution in [3.05, 3.63) is 36.4 Å². The molecule has 0 unspecified atom stereocenters. The van der Waals surface area contributed by atoms with Gasteiger partial charge in [-0.25, -0.2) is 0 Å². The van der Waals surface area contributed by atoms with Crippen LogP contribution in [-0.2, 0) is 0 Å². The van der Waals surface area contributed by atoms with Crippen molar-refractivity contribution >= 4 is 36.2 Å². The molecule has 0 aliphatic carbocycles. The van der Waals surface area contributed by atoms with E-state index in [9.17, 15) is 17.3 Å². The average Bonchev–Trinajstić information content (AvgIpc) is 2.27. The molecule has 0 atom stereocenters. The third-order valence-electron chi connectivity index (χ3n) is 2.42. The highest BCUT2D eigenvalue weighted by Gasteiger charge is 2.28. The van der Waals surface area contributed by atoms with Crippen LogP contribution in [0.25, 0.3) is 10.8 Å². The van der Waals surface area contributed by atoms with Gasteiger partial charge in [0.2, 0.25) is 0 Å². The molecule has 2 rings (SSSR count). The molecule has 2 aromatic carbocycles. The molecule has 0 aliphatic heterocycles. The molecule has 0 spiro atoms. The van der Waals surface area contributed by atoms with Crippen LogP contribution >= 0.6 is 0 Å². The van der Waals surface area contributed by atoms with Crippen LogP contribution in [0.4, 0.5) is 17.3 Å². The molecule has 16 heavy (non-hydrogen) atoms. The van der Waals surface area contributed by atoms with Crippen molar-refractivity contribution in [3.63, 3.8) is 0 Å². The summed E-state index contributed by atoms with van der Waals surface area (Å²) in [5, 5.41) is 1.09. The van der Waals surface area contributed by atoms with Crippen LogP contribution in [0.1, 0.15) is 0 Å². The number of benzene rings is 2. The van der Waals surface area contributed by atoms with E-state index < -0.39 is 25.5 Å². The van der Waals surface area contributed by atoms with E-state index in [1.54, 1.807) is 24.3 Å². The molecule has 0 nitrogen and oxygen atoms in total. The summed E-state index contributed by atoms with van der Waals surface area (Å²) in [6.45, 7) is 0. The minimum absolute atomic E-state index is 0.544. The highest BCUT2D eigenvalue weighted by Crippen LogP contribution is 2.12. The van der Waals surface area contributed by atoms with Crippen LogP contribution in [0.15, 0.2) is 36.4 Å². The molecule has 0 radical (unpaired) electrons. The molecule has 0 fully saturated rings. The zero-order valence-electron chi connectivity index (χ0n) is 8.13. The van der Waals surface area contributed by atoms with Crippen molar-refractivity contribution in [1.29, 1.82) is 0 Å². The summed E-state index contributed by atoms with van der Waals surface area (Å²) < 4.78 is 50.3. The van der Waals surface area contributed by atoms with E-state index in [0.29, 0.717) is 10.8 Å². The fourth-order valence-corrected chi connectivity index (χ4v) is 1.65. The lowest BCUT2D eigenvalue weighted by atomic mass is 9.70. The van der Waals surface area contributed by atoms with E-state index in [-0.39, 0.29) is 0 Å². The van der Waals surface area contributed by atoms with Crippen LogP contribution in [0.3, 0.4) is 0 Å². The summed E-state index contributed by atoms with van der Waals surface area (Å²) in [6, 6.07) is 8.86. The topological polar surface area (TPSA) is 0 Å². The molecule has 0 aromatic heterocycles. The Labute approximate surface area is 90.6 Å². The maximum Gasteiger partial charge on any atom is 0.571 e. The first-order valence-corrected chi connectivity index (χ1v) is 4.68. The predicted octanol–water partition coefficient (Wildman–Crippen LogP) is 2.11. The molecule has 0 saturated heterocycles. The maximum absolute atomic E-state index is 12.6. The van der Waals surface area contributed by atoms with Gasteiger partial charge >= 0.3 is 14.5 Å². The SMILES string of the molecule is FB(F)c1cc2ccccc2cc1B(F)F. The van der Waals surface area contributed by atoms with Gasteiger partial charge in [-0.2, -0.15) is 0 Å². The maximum atomic E-state index is 12.6. The van der Waals surface area contributed by atoms with Gasteiger partial charge in [0.15, 0.2) is 0 Å². The highest BCUT2D eigenvalue weighted by molar-refractivity contribution is 6.73. The summed E-state index contributed by atoms with van der Waals surface area (Å²) in [5.41, 5.74) is -1.18. The molecular weight excluding hydrogens is 218 g/mol. The average molecular weight is 224 g/mol. The minimum atomic E-state index is -2.88. The third-order valence-corrected chi connectivity index (χ3v) is 2.42. The monoisotopic (exact) mass is 224 g/mol. The zero-order chi connectivity index (χ0) is 11.7. The number of hydrogen-bond acceptors (Lipinski definition) is 0. The lowest BCUT2D eigenvalue weighted by Crippen LogP contribution is -2.42. The van der Waals surface area contributed by atoms with Crippen molar-refractivity contribution < 1.29 is 17.3 Å². The van der Waals surface area contributed by atoms with Gasteiger partial charge in [-0.15, -0.1) is 0 Å². The van der Waals surface area contributed by atoms with Crippen LogP contribution in [0.5, 0.6) is 0 Å². The van der Waals surface area contributed by atoms with Gasteiger partial charge in [0.1, 0.15) is 0 Å². The summed E-state index contributed by atoms with van der Waals surface area (Å²) in [4.78, 5) is 0. The number of rotatable bonds is 2. The number of hydrogen-bond donors (Lipinski definition) is 0. The van der Waals surface area contributed by atoms with Crippen LogP contribution in [0, 0.1) is 0 Å².